The average molecular weight is 381 g/mol. The molecule has 1 aliphatic rings. The van der Waals surface area contributed by atoms with Crippen molar-refractivity contribution < 1.29 is 4.42 Å². The molecule has 0 saturated heterocycles. The molecule has 5 rings (SSSR count). The van der Waals surface area contributed by atoms with Gasteiger partial charge in [0.2, 0.25) is 0 Å². The molecule has 0 N–H and O–H groups in total. The van der Waals surface area contributed by atoms with Crippen LogP contribution in [-0.2, 0) is 0 Å². The van der Waals surface area contributed by atoms with Crippen LogP contribution in [0.2, 0.25) is 0 Å². The molecule has 3 aromatic carbocycles. The number of fused-ring (bicyclic) bond motifs is 3. The summed E-state index contributed by atoms with van der Waals surface area (Å²) in [6.45, 7) is 4.33. The maximum atomic E-state index is 5.86. The zero-order valence-electron chi connectivity index (χ0n) is 17.3. The SMILES string of the molecule is CCCC1=CCCC=C1.Cc1ccc(-c2ccc3oc4ccccc4c3c2)cc1. The third-order valence-electron chi connectivity index (χ3n) is 5.37. The van der Waals surface area contributed by atoms with Gasteiger partial charge in [-0.05, 0) is 55.5 Å². The lowest BCUT2D eigenvalue weighted by Gasteiger charge is -2.03. The highest BCUT2D eigenvalue weighted by molar-refractivity contribution is 6.06. The minimum absolute atomic E-state index is 0.946. The quantitative estimate of drug-likeness (QED) is 0.347. The Morgan fingerprint density at radius 3 is 2.31 bits per heavy atom. The molecule has 0 aliphatic heterocycles. The second-order valence-electron chi connectivity index (χ2n) is 7.68. The van der Waals surface area contributed by atoms with Gasteiger partial charge in [-0.15, -0.1) is 0 Å². The van der Waals surface area contributed by atoms with Gasteiger partial charge in [0.05, 0.1) is 0 Å². The zero-order valence-corrected chi connectivity index (χ0v) is 17.3. The summed E-state index contributed by atoms with van der Waals surface area (Å²) >= 11 is 0. The van der Waals surface area contributed by atoms with E-state index >= 15 is 0 Å². The van der Waals surface area contributed by atoms with Gasteiger partial charge in [0.25, 0.3) is 0 Å². The van der Waals surface area contributed by atoms with E-state index in [2.05, 4.69) is 86.7 Å². The number of hydrogen-bond donors (Lipinski definition) is 0. The van der Waals surface area contributed by atoms with Crippen molar-refractivity contribution in [3.05, 3.63) is 96.1 Å². The molecule has 1 nitrogen and oxygen atoms in total. The van der Waals surface area contributed by atoms with Gasteiger partial charge in [-0.2, -0.15) is 0 Å². The smallest absolute Gasteiger partial charge is 0.135 e. The van der Waals surface area contributed by atoms with Gasteiger partial charge in [-0.1, -0.05) is 91.2 Å². The molecule has 1 heteroatoms. The van der Waals surface area contributed by atoms with Crippen molar-refractivity contribution in [2.24, 2.45) is 0 Å². The van der Waals surface area contributed by atoms with E-state index in [1.807, 2.05) is 12.1 Å². The first-order chi connectivity index (χ1) is 14.2. The van der Waals surface area contributed by atoms with E-state index in [9.17, 15) is 0 Å². The molecule has 0 unspecified atom stereocenters. The molecule has 1 heterocycles. The number of aryl methyl sites for hydroxylation is 1. The van der Waals surface area contributed by atoms with Crippen LogP contribution in [0.15, 0.2) is 94.9 Å². The molecular formula is C28H28O. The van der Waals surface area contributed by atoms with E-state index in [0.717, 1.165) is 11.2 Å². The third-order valence-corrected chi connectivity index (χ3v) is 5.37. The van der Waals surface area contributed by atoms with Crippen LogP contribution in [-0.4, -0.2) is 0 Å². The van der Waals surface area contributed by atoms with Gasteiger partial charge >= 0.3 is 0 Å². The summed E-state index contributed by atoms with van der Waals surface area (Å²) in [6, 6.07) is 23.2. The zero-order chi connectivity index (χ0) is 20.1. The first kappa shape index (κ1) is 19.3. The molecule has 0 saturated carbocycles. The largest absolute Gasteiger partial charge is 0.456 e. The van der Waals surface area contributed by atoms with Gasteiger partial charge in [-0.3, -0.25) is 0 Å². The van der Waals surface area contributed by atoms with E-state index in [1.165, 1.54) is 58.7 Å². The number of hydrogen-bond acceptors (Lipinski definition) is 1. The number of rotatable bonds is 3. The monoisotopic (exact) mass is 380 g/mol. The average Bonchev–Trinajstić information content (AvgIpc) is 3.14. The van der Waals surface area contributed by atoms with Crippen molar-refractivity contribution in [1.82, 2.24) is 0 Å². The highest BCUT2D eigenvalue weighted by Gasteiger charge is 2.07. The Bertz CT molecular complexity index is 1160. The standard InChI is InChI=1S/C19H14O.C9H14/c1-13-6-8-14(9-7-13)15-10-11-19-17(12-15)16-4-2-3-5-18(16)20-19;1-2-6-9-7-4-3-5-8-9/h2-12H,1H3;4,7-8H,2-3,5-6H2,1H3. The van der Waals surface area contributed by atoms with Crippen molar-refractivity contribution in [3.8, 4) is 11.1 Å². The summed E-state index contributed by atoms with van der Waals surface area (Å²) in [5, 5.41) is 2.36. The number of para-hydroxylation sites is 1. The summed E-state index contributed by atoms with van der Waals surface area (Å²) in [5.74, 6) is 0. The van der Waals surface area contributed by atoms with Crippen molar-refractivity contribution >= 4 is 21.9 Å². The van der Waals surface area contributed by atoms with Gasteiger partial charge < -0.3 is 4.42 Å². The summed E-state index contributed by atoms with van der Waals surface area (Å²) in [5.41, 5.74) is 7.17. The predicted octanol–water partition coefficient (Wildman–Crippen LogP) is 8.62. The summed E-state index contributed by atoms with van der Waals surface area (Å²) in [7, 11) is 0. The lowest BCUT2D eigenvalue weighted by Crippen LogP contribution is -1.82. The first-order valence-electron chi connectivity index (χ1n) is 10.6. The Morgan fingerprint density at radius 1 is 0.793 bits per heavy atom. The molecule has 0 amide bonds. The van der Waals surface area contributed by atoms with Crippen LogP contribution < -0.4 is 0 Å². The van der Waals surface area contributed by atoms with Crippen molar-refractivity contribution in [1.29, 1.82) is 0 Å². The normalized spacial score (nSPS) is 13.2. The summed E-state index contributed by atoms with van der Waals surface area (Å²) in [4.78, 5) is 0. The van der Waals surface area contributed by atoms with Gasteiger partial charge in [0, 0.05) is 10.8 Å². The third kappa shape index (κ3) is 4.51. The fourth-order valence-corrected chi connectivity index (χ4v) is 3.79. The molecule has 0 bridgehead atoms. The number of allylic oxidation sites excluding steroid dienone is 4. The molecule has 146 valence electrons. The van der Waals surface area contributed by atoms with Gasteiger partial charge in [-0.25, -0.2) is 0 Å². The van der Waals surface area contributed by atoms with E-state index < -0.39 is 0 Å². The lowest BCUT2D eigenvalue weighted by molar-refractivity contribution is 0.669. The van der Waals surface area contributed by atoms with Gasteiger partial charge in [0.1, 0.15) is 11.2 Å². The lowest BCUT2D eigenvalue weighted by atomic mass is 10.0. The molecule has 1 aliphatic carbocycles. The van der Waals surface area contributed by atoms with Crippen LogP contribution in [0.1, 0.15) is 38.2 Å². The van der Waals surface area contributed by atoms with E-state index in [1.54, 1.807) is 0 Å². The minimum atomic E-state index is 0.946. The van der Waals surface area contributed by atoms with Crippen molar-refractivity contribution in [2.45, 2.75) is 39.5 Å². The molecule has 0 fully saturated rings. The number of benzene rings is 3. The maximum absolute atomic E-state index is 5.86. The molecule has 4 aromatic rings. The summed E-state index contributed by atoms with van der Waals surface area (Å²) in [6.07, 6.45) is 11.9. The molecule has 1 aromatic heterocycles. The van der Waals surface area contributed by atoms with Crippen LogP contribution in [0, 0.1) is 6.92 Å². The molecular weight excluding hydrogens is 352 g/mol. The molecule has 0 atom stereocenters. The number of furan rings is 1. The van der Waals surface area contributed by atoms with Crippen molar-refractivity contribution in [3.63, 3.8) is 0 Å². The fraction of sp³-hybridized carbons (Fsp3) is 0.214. The van der Waals surface area contributed by atoms with Gasteiger partial charge in [0.15, 0.2) is 0 Å². The Morgan fingerprint density at radius 2 is 1.55 bits per heavy atom. The molecule has 29 heavy (non-hydrogen) atoms. The Hall–Kier alpha value is -3.06. The Kier molecular flexibility index (Phi) is 5.95. The second kappa shape index (κ2) is 8.96. The fourth-order valence-electron chi connectivity index (χ4n) is 3.79. The van der Waals surface area contributed by atoms with E-state index in [4.69, 9.17) is 4.42 Å². The Balaban J connectivity index is 0.000000192. The van der Waals surface area contributed by atoms with Crippen LogP contribution in [0.4, 0.5) is 0 Å². The topological polar surface area (TPSA) is 13.1 Å². The summed E-state index contributed by atoms with van der Waals surface area (Å²) < 4.78 is 5.86. The highest BCUT2D eigenvalue weighted by Crippen LogP contribution is 2.32. The van der Waals surface area contributed by atoms with Crippen LogP contribution in [0.5, 0.6) is 0 Å². The first-order valence-corrected chi connectivity index (χ1v) is 10.6. The van der Waals surface area contributed by atoms with Crippen LogP contribution >= 0.6 is 0 Å². The minimum Gasteiger partial charge on any atom is -0.456 e. The Labute approximate surface area is 173 Å². The van der Waals surface area contributed by atoms with Crippen LogP contribution in [0.25, 0.3) is 33.1 Å². The maximum Gasteiger partial charge on any atom is 0.135 e. The highest BCUT2D eigenvalue weighted by atomic mass is 16.3. The van der Waals surface area contributed by atoms with E-state index in [-0.39, 0.29) is 0 Å². The van der Waals surface area contributed by atoms with Crippen LogP contribution in [0.3, 0.4) is 0 Å². The predicted molar refractivity (Wildman–Crippen MR) is 125 cm³/mol. The second-order valence-corrected chi connectivity index (χ2v) is 7.68. The molecule has 0 radical (unpaired) electrons. The van der Waals surface area contributed by atoms with Crippen molar-refractivity contribution in [2.75, 3.05) is 0 Å². The molecule has 0 spiro atoms. The van der Waals surface area contributed by atoms with E-state index in [0.29, 0.717) is 0 Å².